The molecule has 2 amide bonds. The molecule has 5 heteroatoms. The zero-order valence-corrected chi connectivity index (χ0v) is 18.2. The number of rotatable bonds is 8. The van der Waals surface area contributed by atoms with E-state index in [1.165, 1.54) is 22.2 Å². The van der Waals surface area contributed by atoms with Crippen LogP contribution in [0.15, 0.2) is 53.4 Å². The summed E-state index contributed by atoms with van der Waals surface area (Å²) in [6.45, 7) is 6.19. The largest absolute Gasteiger partial charge is 0.496 e. The van der Waals surface area contributed by atoms with Crippen LogP contribution >= 0.6 is 11.8 Å². The highest BCUT2D eigenvalue weighted by atomic mass is 32.2. The van der Waals surface area contributed by atoms with E-state index in [1.54, 1.807) is 7.11 Å². The maximum atomic E-state index is 13.4. The minimum atomic E-state index is -0.302. The van der Waals surface area contributed by atoms with Crippen LogP contribution in [-0.2, 0) is 16.0 Å². The van der Waals surface area contributed by atoms with Gasteiger partial charge in [0.25, 0.3) is 11.8 Å². The molecule has 1 heterocycles. The standard InChI is InChI=1S/C24H27NO3S/c1-5-6-9-17-12-14-18(15-13-17)25-23(26)21(22(24(25)27)29-16(2)3)19-10-7-8-11-20(19)28-4/h7-8,10-16H,5-6,9H2,1-4H3. The molecule has 0 bridgehead atoms. The van der Waals surface area contributed by atoms with Crippen LogP contribution in [0.4, 0.5) is 5.69 Å². The van der Waals surface area contributed by atoms with Crippen molar-refractivity contribution in [2.45, 2.75) is 45.3 Å². The number of benzene rings is 2. The Morgan fingerprint density at radius 1 is 1.00 bits per heavy atom. The Balaban J connectivity index is 2.02. The van der Waals surface area contributed by atoms with Crippen molar-refractivity contribution in [1.82, 2.24) is 0 Å². The van der Waals surface area contributed by atoms with E-state index in [1.807, 2.05) is 62.4 Å². The molecule has 0 saturated heterocycles. The lowest BCUT2D eigenvalue weighted by molar-refractivity contribution is -0.119. The predicted octanol–water partition coefficient (Wildman–Crippen LogP) is 5.46. The van der Waals surface area contributed by atoms with Gasteiger partial charge in [0.05, 0.1) is 23.3 Å². The number of hydrogen-bond donors (Lipinski definition) is 0. The molecule has 1 aliphatic rings. The molecule has 0 aliphatic carbocycles. The van der Waals surface area contributed by atoms with Crippen molar-refractivity contribution in [1.29, 1.82) is 0 Å². The maximum absolute atomic E-state index is 13.4. The number of unbranched alkanes of at least 4 members (excludes halogenated alkanes) is 1. The summed E-state index contributed by atoms with van der Waals surface area (Å²) in [5.41, 5.74) is 2.89. The van der Waals surface area contributed by atoms with Crippen LogP contribution in [0, 0.1) is 0 Å². The third kappa shape index (κ3) is 4.40. The van der Waals surface area contributed by atoms with Gasteiger partial charge >= 0.3 is 0 Å². The Morgan fingerprint density at radius 2 is 1.69 bits per heavy atom. The summed E-state index contributed by atoms with van der Waals surface area (Å²) in [5, 5.41) is 0.169. The van der Waals surface area contributed by atoms with Crippen LogP contribution in [0.2, 0.25) is 0 Å². The minimum absolute atomic E-state index is 0.169. The lowest BCUT2D eigenvalue weighted by Crippen LogP contribution is -2.31. The fourth-order valence-corrected chi connectivity index (χ4v) is 4.35. The van der Waals surface area contributed by atoms with Gasteiger partial charge < -0.3 is 4.74 Å². The Bertz CT molecular complexity index is 931. The van der Waals surface area contributed by atoms with E-state index in [-0.39, 0.29) is 17.1 Å². The topological polar surface area (TPSA) is 46.6 Å². The number of anilines is 1. The molecule has 2 aromatic carbocycles. The van der Waals surface area contributed by atoms with Crippen LogP contribution in [-0.4, -0.2) is 24.2 Å². The second-order valence-corrected chi connectivity index (χ2v) is 8.87. The fourth-order valence-electron chi connectivity index (χ4n) is 3.37. The van der Waals surface area contributed by atoms with Crippen LogP contribution in [0.1, 0.15) is 44.7 Å². The lowest BCUT2D eigenvalue weighted by Gasteiger charge is -2.16. The molecular weight excluding hydrogens is 382 g/mol. The molecule has 4 nitrogen and oxygen atoms in total. The second-order valence-electron chi connectivity index (χ2n) is 7.29. The van der Waals surface area contributed by atoms with Gasteiger partial charge in [-0.2, -0.15) is 0 Å². The molecule has 152 valence electrons. The number of nitrogens with zero attached hydrogens (tertiary/aromatic N) is 1. The molecule has 29 heavy (non-hydrogen) atoms. The Morgan fingerprint density at radius 3 is 2.31 bits per heavy atom. The number of carbonyl (C=O) groups is 2. The average Bonchev–Trinajstić information content (AvgIpc) is 2.96. The summed E-state index contributed by atoms with van der Waals surface area (Å²) in [7, 11) is 1.57. The van der Waals surface area contributed by atoms with Crippen molar-refractivity contribution >= 4 is 34.8 Å². The molecule has 0 N–H and O–H groups in total. The number of carbonyl (C=O) groups excluding carboxylic acids is 2. The Kier molecular flexibility index (Phi) is 6.80. The summed E-state index contributed by atoms with van der Waals surface area (Å²) in [6, 6.07) is 15.1. The van der Waals surface area contributed by atoms with E-state index in [0.717, 1.165) is 19.3 Å². The quantitative estimate of drug-likeness (QED) is 0.543. The van der Waals surface area contributed by atoms with Gasteiger partial charge in [-0.1, -0.05) is 57.5 Å². The highest BCUT2D eigenvalue weighted by molar-refractivity contribution is 8.04. The molecule has 0 saturated carbocycles. The van der Waals surface area contributed by atoms with Gasteiger partial charge in [0.2, 0.25) is 0 Å². The van der Waals surface area contributed by atoms with Crippen molar-refractivity contribution in [2.24, 2.45) is 0 Å². The first-order valence-corrected chi connectivity index (χ1v) is 10.9. The SMILES string of the molecule is CCCCc1ccc(N2C(=O)C(SC(C)C)=C(c3ccccc3OC)C2=O)cc1. The van der Waals surface area contributed by atoms with Crippen LogP contribution in [0.3, 0.4) is 0 Å². The number of ether oxygens (including phenoxy) is 1. The number of imide groups is 1. The number of methoxy groups -OCH3 is 1. The summed E-state index contributed by atoms with van der Waals surface area (Å²) in [4.78, 5) is 28.5. The van der Waals surface area contributed by atoms with Crippen molar-refractivity contribution in [3.8, 4) is 5.75 Å². The predicted molar refractivity (Wildman–Crippen MR) is 120 cm³/mol. The number of amides is 2. The molecule has 0 radical (unpaired) electrons. The Hall–Kier alpha value is -2.53. The molecule has 0 fully saturated rings. The van der Waals surface area contributed by atoms with Crippen molar-refractivity contribution < 1.29 is 14.3 Å². The van der Waals surface area contributed by atoms with Crippen LogP contribution in [0.25, 0.3) is 5.57 Å². The van der Waals surface area contributed by atoms with Crippen molar-refractivity contribution in [2.75, 3.05) is 12.0 Å². The third-order valence-electron chi connectivity index (χ3n) is 4.78. The molecule has 0 unspecified atom stereocenters. The van der Waals surface area contributed by atoms with Gasteiger partial charge in [-0.15, -0.1) is 11.8 Å². The lowest BCUT2D eigenvalue weighted by atomic mass is 10.0. The van der Waals surface area contributed by atoms with E-state index in [9.17, 15) is 9.59 Å². The van der Waals surface area contributed by atoms with Gasteiger partial charge in [-0.3, -0.25) is 9.59 Å². The summed E-state index contributed by atoms with van der Waals surface area (Å²) in [5.74, 6) is 0.0159. The first-order chi connectivity index (χ1) is 14.0. The van der Waals surface area contributed by atoms with E-state index in [2.05, 4.69) is 6.92 Å². The first-order valence-electron chi connectivity index (χ1n) is 10.00. The van der Waals surface area contributed by atoms with Gasteiger partial charge in [-0.05, 0) is 36.6 Å². The van der Waals surface area contributed by atoms with E-state index >= 15 is 0 Å². The maximum Gasteiger partial charge on any atom is 0.272 e. The number of para-hydroxylation sites is 1. The zero-order chi connectivity index (χ0) is 21.0. The zero-order valence-electron chi connectivity index (χ0n) is 17.4. The van der Waals surface area contributed by atoms with E-state index in [4.69, 9.17) is 4.74 Å². The molecule has 0 spiro atoms. The third-order valence-corrected chi connectivity index (χ3v) is 5.87. The minimum Gasteiger partial charge on any atom is -0.496 e. The average molecular weight is 410 g/mol. The second kappa shape index (κ2) is 9.31. The van der Waals surface area contributed by atoms with Crippen LogP contribution in [0.5, 0.6) is 5.75 Å². The summed E-state index contributed by atoms with van der Waals surface area (Å²) >= 11 is 1.42. The summed E-state index contributed by atoms with van der Waals surface area (Å²) < 4.78 is 5.46. The monoisotopic (exact) mass is 409 g/mol. The normalized spacial score (nSPS) is 14.3. The number of thioether (sulfide) groups is 1. The molecular formula is C24H27NO3S. The summed E-state index contributed by atoms with van der Waals surface area (Å²) in [6.07, 6.45) is 3.25. The van der Waals surface area contributed by atoms with Gasteiger partial charge in [-0.25, -0.2) is 4.90 Å². The van der Waals surface area contributed by atoms with E-state index < -0.39 is 0 Å². The van der Waals surface area contributed by atoms with Crippen molar-refractivity contribution in [3.05, 3.63) is 64.6 Å². The highest BCUT2D eigenvalue weighted by Crippen LogP contribution is 2.42. The molecule has 1 aliphatic heterocycles. The van der Waals surface area contributed by atoms with Gasteiger partial charge in [0, 0.05) is 10.8 Å². The molecule has 0 atom stereocenters. The van der Waals surface area contributed by atoms with Gasteiger partial charge in [0.1, 0.15) is 5.75 Å². The highest BCUT2D eigenvalue weighted by Gasteiger charge is 2.41. The molecule has 2 aromatic rings. The smallest absolute Gasteiger partial charge is 0.272 e. The number of aryl methyl sites for hydroxylation is 1. The van der Waals surface area contributed by atoms with Crippen molar-refractivity contribution in [3.63, 3.8) is 0 Å². The number of hydrogen-bond acceptors (Lipinski definition) is 4. The Labute approximate surface area is 176 Å². The fraction of sp³-hybridized carbons (Fsp3) is 0.333. The molecule has 3 rings (SSSR count). The van der Waals surface area contributed by atoms with Gasteiger partial charge in [0.15, 0.2) is 0 Å². The molecule has 0 aromatic heterocycles. The van der Waals surface area contributed by atoms with Crippen LogP contribution < -0.4 is 9.64 Å². The first kappa shape index (κ1) is 21.2. The van der Waals surface area contributed by atoms with E-state index in [0.29, 0.717) is 27.5 Å².